The predicted molar refractivity (Wildman–Crippen MR) is 108 cm³/mol. The minimum Gasteiger partial charge on any atom is -0.442 e. The van der Waals surface area contributed by atoms with Gasteiger partial charge in [-0.25, -0.2) is 4.98 Å². The molecule has 1 atom stereocenters. The van der Waals surface area contributed by atoms with Crippen LogP contribution < -0.4 is 5.56 Å². The zero-order valence-electron chi connectivity index (χ0n) is 16.5. The maximum absolute atomic E-state index is 13.3. The number of likely N-dealkylation sites (tertiary alicyclic amines) is 1. The van der Waals surface area contributed by atoms with Gasteiger partial charge in [0.2, 0.25) is 5.71 Å². The highest BCUT2D eigenvalue weighted by atomic mass is 16.3. The highest BCUT2D eigenvalue weighted by Crippen LogP contribution is 2.30. The fraction of sp³-hybridized carbons (Fsp3) is 0.409. The number of carbonyl (C=O) groups is 1. The lowest BCUT2D eigenvalue weighted by atomic mass is 9.99. The summed E-state index contributed by atoms with van der Waals surface area (Å²) in [5.41, 5.74) is 1.63. The minimum atomic E-state index is -0.210. The van der Waals surface area contributed by atoms with E-state index < -0.39 is 0 Å². The Kier molecular flexibility index (Phi) is 4.79. The number of amides is 1. The van der Waals surface area contributed by atoms with Crippen molar-refractivity contribution in [3.8, 4) is 0 Å². The van der Waals surface area contributed by atoms with E-state index in [9.17, 15) is 9.59 Å². The number of carbonyl (C=O) groups excluding carboxylic acids is 1. The van der Waals surface area contributed by atoms with Crippen LogP contribution >= 0.6 is 0 Å². The van der Waals surface area contributed by atoms with Crippen LogP contribution in [-0.4, -0.2) is 33.4 Å². The third-order valence-corrected chi connectivity index (χ3v) is 5.38. The predicted octanol–water partition coefficient (Wildman–Crippen LogP) is 3.58. The van der Waals surface area contributed by atoms with Crippen molar-refractivity contribution in [1.29, 1.82) is 0 Å². The maximum Gasteiger partial charge on any atom is 0.265 e. The fourth-order valence-electron chi connectivity index (χ4n) is 4.02. The van der Waals surface area contributed by atoms with Gasteiger partial charge in [0.25, 0.3) is 11.5 Å². The molecule has 0 N–H and O–H groups in total. The molecule has 0 radical (unpaired) electrons. The van der Waals surface area contributed by atoms with E-state index in [-0.39, 0.29) is 17.2 Å². The monoisotopic (exact) mass is 379 g/mol. The summed E-state index contributed by atoms with van der Waals surface area (Å²) in [6.07, 6.45) is 2.42. The van der Waals surface area contributed by atoms with Gasteiger partial charge in [-0.2, -0.15) is 0 Å². The van der Waals surface area contributed by atoms with E-state index in [2.05, 4.69) is 17.1 Å². The summed E-state index contributed by atoms with van der Waals surface area (Å²) in [5.74, 6) is 0.930. The van der Waals surface area contributed by atoms with Crippen LogP contribution in [0.2, 0.25) is 0 Å². The largest absolute Gasteiger partial charge is 0.442 e. The zero-order chi connectivity index (χ0) is 19.8. The maximum atomic E-state index is 13.3. The van der Waals surface area contributed by atoms with Gasteiger partial charge in [0, 0.05) is 25.6 Å². The van der Waals surface area contributed by atoms with Gasteiger partial charge in [0.15, 0.2) is 0 Å². The Morgan fingerprint density at radius 3 is 2.75 bits per heavy atom. The molecule has 1 aliphatic rings. The Hall–Kier alpha value is -2.89. The van der Waals surface area contributed by atoms with Crippen LogP contribution in [0, 0.1) is 12.8 Å². The number of hydrogen-bond donors (Lipinski definition) is 0. The Balaban J connectivity index is 1.68. The van der Waals surface area contributed by atoms with Crippen LogP contribution in [0.25, 0.3) is 11.1 Å². The van der Waals surface area contributed by atoms with Crippen LogP contribution in [0.3, 0.4) is 0 Å². The molecule has 4 rings (SSSR count). The summed E-state index contributed by atoms with van der Waals surface area (Å²) >= 11 is 0. The average Bonchev–Trinajstić information content (AvgIpc) is 3.29. The molecule has 0 bridgehead atoms. The molecule has 0 spiro atoms. The normalized spacial score (nSPS) is 17.0. The summed E-state index contributed by atoms with van der Waals surface area (Å²) < 4.78 is 7.23. The second kappa shape index (κ2) is 7.26. The van der Waals surface area contributed by atoms with E-state index in [0.717, 1.165) is 6.42 Å². The Labute approximate surface area is 163 Å². The number of aromatic nitrogens is 2. The molecule has 3 aromatic rings. The topological polar surface area (TPSA) is 68.3 Å². The molecule has 1 aliphatic heterocycles. The van der Waals surface area contributed by atoms with Gasteiger partial charge in [-0.15, -0.1) is 0 Å². The number of furan rings is 1. The van der Waals surface area contributed by atoms with E-state index in [4.69, 9.17) is 4.42 Å². The molecule has 28 heavy (non-hydrogen) atoms. The zero-order valence-corrected chi connectivity index (χ0v) is 16.5. The van der Waals surface area contributed by atoms with Gasteiger partial charge in [0.1, 0.15) is 17.5 Å². The van der Waals surface area contributed by atoms with Crippen molar-refractivity contribution in [3.05, 3.63) is 63.9 Å². The van der Waals surface area contributed by atoms with E-state index in [1.807, 2.05) is 36.9 Å². The van der Waals surface area contributed by atoms with Crippen molar-refractivity contribution >= 4 is 17.0 Å². The number of nitrogens with zero attached hydrogens (tertiary/aromatic N) is 3. The molecule has 6 nitrogen and oxygen atoms in total. The van der Waals surface area contributed by atoms with Crippen molar-refractivity contribution in [1.82, 2.24) is 14.5 Å². The van der Waals surface area contributed by atoms with Gasteiger partial charge < -0.3 is 9.32 Å². The smallest absolute Gasteiger partial charge is 0.265 e. The molecule has 1 aromatic carbocycles. The molecule has 1 amide bonds. The van der Waals surface area contributed by atoms with E-state index in [1.54, 1.807) is 11.5 Å². The van der Waals surface area contributed by atoms with Crippen LogP contribution in [-0.2, 0) is 6.54 Å². The van der Waals surface area contributed by atoms with Crippen LogP contribution in [0.4, 0.5) is 0 Å². The molecule has 146 valence electrons. The highest BCUT2D eigenvalue weighted by molar-refractivity contribution is 6.06. The molecule has 6 heteroatoms. The third-order valence-electron chi connectivity index (χ3n) is 5.38. The second-order valence-electron chi connectivity index (χ2n) is 7.96. The van der Waals surface area contributed by atoms with Gasteiger partial charge in [-0.1, -0.05) is 44.2 Å². The van der Waals surface area contributed by atoms with E-state index in [1.165, 1.54) is 11.9 Å². The first kappa shape index (κ1) is 18.5. The van der Waals surface area contributed by atoms with Gasteiger partial charge in [-0.3, -0.25) is 14.2 Å². The molecule has 0 aliphatic carbocycles. The summed E-state index contributed by atoms with van der Waals surface area (Å²) in [7, 11) is 0. The molecular formula is C22H25N3O3. The molecular weight excluding hydrogens is 354 g/mol. The van der Waals surface area contributed by atoms with Crippen molar-refractivity contribution in [2.45, 2.75) is 39.7 Å². The van der Waals surface area contributed by atoms with Crippen molar-refractivity contribution in [3.63, 3.8) is 0 Å². The SMILES string of the molecule is Cc1oc2ncn(CC(C)C)c(=O)c2c1C(=O)N1CCC(c2ccccc2)C1. The minimum absolute atomic E-state index is 0.143. The first-order valence-electron chi connectivity index (χ1n) is 9.78. The van der Waals surface area contributed by atoms with E-state index >= 15 is 0 Å². The number of benzene rings is 1. The van der Waals surface area contributed by atoms with Gasteiger partial charge in [-0.05, 0) is 24.8 Å². The Bertz CT molecular complexity index is 1070. The number of rotatable bonds is 4. The lowest BCUT2D eigenvalue weighted by Gasteiger charge is -2.16. The summed E-state index contributed by atoms with van der Waals surface area (Å²) in [4.78, 5) is 32.4. The molecule has 3 heterocycles. The molecule has 2 aromatic heterocycles. The molecule has 0 saturated carbocycles. The second-order valence-corrected chi connectivity index (χ2v) is 7.96. The molecule has 1 unspecified atom stereocenters. The summed E-state index contributed by atoms with van der Waals surface area (Å²) in [6, 6.07) is 10.3. The van der Waals surface area contributed by atoms with Crippen LogP contribution in [0.1, 0.15) is 47.9 Å². The number of aryl methyl sites for hydroxylation is 1. The van der Waals surface area contributed by atoms with Crippen LogP contribution in [0.5, 0.6) is 0 Å². The standard InChI is InChI=1S/C22H25N3O3/c1-14(2)11-25-13-23-20-19(22(25)27)18(15(3)28-20)21(26)24-10-9-17(12-24)16-7-5-4-6-8-16/h4-8,13-14,17H,9-12H2,1-3H3. The lowest BCUT2D eigenvalue weighted by Crippen LogP contribution is -2.30. The Morgan fingerprint density at radius 2 is 2.04 bits per heavy atom. The number of hydrogen-bond acceptors (Lipinski definition) is 4. The van der Waals surface area contributed by atoms with Gasteiger partial charge in [0.05, 0.1) is 5.56 Å². The Morgan fingerprint density at radius 1 is 1.29 bits per heavy atom. The highest BCUT2D eigenvalue weighted by Gasteiger charge is 2.32. The first-order chi connectivity index (χ1) is 13.5. The quantitative estimate of drug-likeness (QED) is 0.695. The summed E-state index contributed by atoms with van der Waals surface area (Å²) in [5, 5.41) is 0.300. The number of fused-ring (bicyclic) bond motifs is 1. The average molecular weight is 379 g/mol. The van der Waals surface area contributed by atoms with Crippen molar-refractivity contribution in [2.24, 2.45) is 5.92 Å². The van der Waals surface area contributed by atoms with Crippen LogP contribution in [0.15, 0.2) is 45.9 Å². The first-order valence-corrected chi connectivity index (χ1v) is 9.78. The van der Waals surface area contributed by atoms with Crippen molar-refractivity contribution in [2.75, 3.05) is 13.1 Å². The van der Waals surface area contributed by atoms with Gasteiger partial charge >= 0.3 is 0 Å². The molecule has 1 saturated heterocycles. The third kappa shape index (κ3) is 3.23. The lowest BCUT2D eigenvalue weighted by molar-refractivity contribution is 0.0790. The summed E-state index contributed by atoms with van der Waals surface area (Å²) in [6.45, 7) is 7.68. The molecule has 1 fully saturated rings. The van der Waals surface area contributed by atoms with E-state index in [0.29, 0.717) is 48.2 Å². The fourth-order valence-corrected chi connectivity index (χ4v) is 4.02. The van der Waals surface area contributed by atoms with Crippen molar-refractivity contribution < 1.29 is 9.21 Å².